The van der Waals surface area contributed by atoms with E-state index < -0.39 is 30.0 Å². The Morgan fingerprint density at radius 2 is 2.20 bits per heavy atom. The Morgan fingerprint density at radius 3 is 2.70 bits per heavy atom. The fraction of sp³-hybridized carbons (Fsp3) is 0.200. The molecule has 4 N–H and O–H groups in total. The average molecular weight is 298 g/mol. The van der Waals surface area contributed by atoms with Crippen molar-refractivity contribution in [2.75, 3.05) is 6.54 Å². The van der Waals surface area contributed by atoms with Gasteiger partial charge in [0.25, 0.3) is 0 Å². The number of thiophene rings is 1. The van der Waals surface area contributed by atoms with Crippen LogP contribution in [0.1, 0.15) is 10.9 Å². The average Bonchev–Trinajstić information content (AvgIpc) is 2.97. The Labute approximate surface area is 116 Å². The van der Waals surface area contributed by atoms with Gasteiger partial charge in [-0.3, -0.25) is 10.1 Å². The van der Waals surface area contributed by atoms with Gasteiger partial charge in [-0.15, -0.1) is 11.3 Å². The Kier molecular flexibility index (Phi) is 3.84. The zero-order chi connectivity index (χ0) is 14.7. The van der Waals surface area contributed by atoms with E-state index >= 15 is 0 Å². The molecule has 1 saturated heterocycles. The Hall–Kier alpha value is -2.62. The molecule has 2 rings (SSSR count). The predicted molar refractivity (Wildman–Crippen MR) is 66.6 cm³/mol. The van der Waals surface area contributed by atoms with Crippen molar-refractivity contribution in [1.29, 1.82) is 0 Å². The topological polar surface area (TPSA) is 128 Å². The first-order chi connectivity index (χ1) is 9.47. The number of amides is 5. The van der Waals surface area contributed by atoms with E-state index in [1.54, 1.807) is 17.5 Å². The second-order valence-corrected chi connectivity index (χ2v) is 4.79. The van der Waals surface area contributed by atoms with Gasteiger partial charge in [-0.2, -0.15) is 0 Å². The van der Waals surface area contributed by atoms with Crippen molar-refractivity contribution in [3.8, 4) is 0 Å². The van der Waals surface area contributed by atoms with E-state index in [0.717, 1.165) is 5.01 Å². The van der Waals surface area contributed by atoms with Gasteiger partial charge in [0.15, 0.2) is 6.04 Å². The molecule has 1 fully saturated rings. The Balaban J connectivity index is 1.97. The van der Waals surface area contributed by atoms with Crippen molar-refractivity contribution in [3.05, 3.63) is 22.4 Å². The number of hydrogen-bond donors (Lipinski definition) is 4. The summed E-state index contributed by atoms with van der Waals surface area (Å²) in [5.74, 6) is -1.78. The summed E-state index contributed by atoms with van der Waals surface area (Å²) < 4.78 is 0. The zero-order valence-electron chi connectivity index (χ0n) is 9.95. The summed E-state index contributed by atoms with van der Waals surface area (Å²) in [6.45, 7) is -0.316. The molecule has 1 aliphatic rings. The van der Waals surface area contributed by atoms with Crippen molar-refractivity contribution < 1.29 is 24.3 Å². The van der Waals surface area contributed by atoms with Crippen molar-refractivity contribution in [2.45, 2.75) is 6.04 Å². The third-order valence-corrected chi connectivity index (χ3v) is 3.32. The van der Waals surface area contributed by atoms with Crippen LogP contribution in [0.5, 0.6) is 0 Å². The molecule has 1 unspecified atom stereocenters. The number of urea groups is 2. The smallest absolute Gasteiger partial charge is 0.343 e. The number of hydrogen-bond acceptors (Lipinski definition) is 5. The number of carbonyl (C=O) groups excluding carboxylic acids is 3. The molecule has 0 spiro atoms. The van der Waals surface area contributed by atoms with E-state index in [1.165, 1.54) is 11.3 Å². The van der Waals surface area contributed by atoms with Crippen LogP contribution >= 0.6 is 11.3 Å². The van der Waals surface area contributed by atoms with Crippen molar-refractivity contribution in [3.63, 3.8) is 0 Å². The van der Waals surface area contributed by atoms with Crippen LogP contribution in [0.4, 0.5) is 9.59 Å². The van der Waals surface area contributed by atoms with E-state index in [9.17, 15) is 19.2 Å². The number of carboxylic acid groups (broad SMARTS) is 1. The SMILES string of the molecule is O=C1CN(NC(=O)NC(C(=O)O)c2cccs2)C(=O)N1. The van der Waals surface area contributed by atoms with E-state index in [2.05, 4.69) is 10.7 Å². The summed E-state index contributed by atoms with van der Waals surface area (Å²) in [6, 6.07) is 0.331. The molecule has 1 aliphatic heterocycles. The molecule has 5 amide bonds. The summed E-state index contributed by atoms with van der Waals surface area (Å²) in [6.07, 6.45) is 0. The first-order valence-electron chi connectivity index (χ1n) is 5.42. The Morgan fingerprint density at radius 1 is 1.45 bits per heavy atom. The van der Waals surface area contributed by atoms with E-state index in [0.29, 0.717) is 4.88 Å². The highest BCUT2D eigenvalue weighted by Crippen LogP contribution is 2.18. The number of carbonyl (C=O) groups is 4. The lowest BCUT2D eigenvalue weighted by molar-refractivity contribution is -0.139. The van der Waals surface area contributed by atoms with Crippen LogP contribution in [0.2, 0.25) is 0 Å². The number of aliphatic carboxylic acids is 1. The predicted octanol–water partition coefficient (Wildman–Crippen LogP) is -0.360. The molecule has 106 valence electrons. The summed E-state index contributed by atoms with van der Waals surface area (Å²) in [5.41, 5.74) is 2.10. The number of rotatable bonds is 4. The van der Waals surface area contributed by atoms with Crippen LogP contribution in [-0.2, 0) is 9.59 Å². The molecular weight excluding hydrogens is 288 g/mol. The maximum atomic E-state index is 11.6. The van der Waals surface area contributed by atoms with E-state index in [4.69, 9.17) is 5.11 Å². The molecule has 1 aromatic rings. The number of nitrogens with one attached hydrogen (secondary N) is 3. The second kappa shape index (κ2) is 5.57. The number of hydrazine groups is 1. The highest BCUT2D eigenvalue weighted by Gasteiger charge is 2.30. The van der Waals surface area contributed by atoms with Crippen LogP contribution in [0.15, 0.2) is 17.5 Å². The number of carboxylic acids is 1. The van der Waals surface area contributed by atoms with E-state index in [1.807, 2.05) is 5.32 Å². The normalized spacial score (nSPS) is 15.7. The minimum Gasteiger partial charge on any atom is -0.479 e. The lowest BCUT2D eigenvalue weighted by Crippen LogP contribution is -2.50. The highest BCUT2D eigenvalue weighted by atomic mass is 32.1. The molecule has 0 saturated carbocycles. The number of imide groups is 1. The van der Waals surface area contributed by atoms with Gasteiger partial charge in [-0.05, 0) is 11.4 Å². The maximum Gasteiger partial charge on any atom is 0.343 e. The Bertz CT molecular complexity index is 558. The highest BCUT2D eigenvalue weighted by molar-refractivity contribution is 7.10. The quantitative estimate of drug-likeness (QED) is 0.564. The van der Waals surface area contributed by atoms with Crippen molar-refractivity contribution >= 4 is 35.3 Å². The van der Waals surface area contributed by atoms with Crippen LogP contribution in [0, 0.1) is 0 Å². The van der Waals surface area contributed by atoms with Gasteiger partial charge < -0.3 is 10.4 Å². The molecular formula is C10H10N4O5S. The second-order valence-electron chi connectivity index (χ2n) is 3.81. The van der Waals surface area contributed by atoms with Gasteiger partial charge in [0.1, 0.15) is 6.54 Å². The molecule has 0 aromatic carbocycles. The fourth-order valence-corrected chi connectivity index (χ4v) is 2.30. The fourth-order valence-electron chi connectivity index (χ4n) is 1.53. The summed E-state index contributed by atoms with van der Waals surface area (Å²) in [7, 11) is 0. The van der Waals surface area contributed by atoms with Gasteiger partial charge in [0.05, 0.1) is 0 Å². The third kappa shape index (κ3) is 3.03. The van der Waals surface area contributed by atoms with Gasteiger partial charge in [0.2, 0.25) is 5.91 Å². The molecule has 9 nitrogen and oxygen atoms in total. The van der Waals surface area contributed by atoms with Crippen LogP contribution in [0.25, 0.3) is 0 Å². The lowest BCUT2D eigenvalue weighted by Gasteiger charge is -2.18. The molecule has 0 bridgehead atoms. The zero-order valence-corrected chi connectivity index (χ0v) is 10.8. The first kappa shape index (κ1) is 13.8. The van der Waals surface area contributed by atoms with Crippen molar-refractivity contribution in [1.82, 2.24) is 21.1 Å². The minimum absolute atomic E-state index is 0.316. The molecule has 2 heterocycles. The maximum absolute atomic E-state index is 11.6. The third-order valence-electron chi connectivity index (χ3n) is 2.38. The van der Waals surface area contributed by atoms with Crippen LogP contribution < -0.4 is 16.1 Å². The molecule has 20 heavy (non-hydrogen) atoms. The molecule has 10 heteroatoms. The number of nitrogens with zero attached hydrogens (tertiary/aromatic N) is 1. The van der Waals surface area contributed by atoms with Crippen molar-refractivity contribution in [2.24, 2.45) is 0 Å². The van der Waals surface area contributed by atoms with Gasteiger partial charge in [-0.1, -0.05) is 6.07 Å². The molecule has 1 atom stereocenters. The minimum atomic E-state index is -1.23. The lowest BCUT2D eigenvalue weighted by atomic mass is 10.2. The summed E-state index contributed by atoms with van der Waals surface area (Å²) in [5, 5.41) is 15.7. The first-order valence-corrected chi connectivity index (χ1v) is 6.30. The molecule has 0 aliphatic carbocycles. The van der Waals surface area contributed by atoms with Gasteiger partial charge in [-0.25, -0.2) is 24.8 Å². The molecule has 0 radical (unpaired) electrons. The summed E-state index contributed by atoms with van der Waals surface area (Å²) in [4.78, 5) is 45.3. The standard InChI is InChI=1S/C10H10N4O5S/c15-6-4-14(10(19)11-6)13-9(18)12-7(8(16)17)5-2-1-3-20-5/h1-3,7H,4H2,(H,16,17)(H,11,15,19)(H2,12,13,18). The van der Waals surface area contributed by atoms with Crippen LogP contribution in [-0.4, -0.2) is 40.6 Å². The van der Waals surface area contributed by atoms with Gasteiger partial charge in [0, 0.05) is 4.88 Å². The van der Waals surface area contributed by atoms with Gasteiger partial charge >= 0.3 is 18.0 Å². The monoisotopic (exact) mass is 298 g/mol. The summed E-state index contributed by atoms with van der Waals surface area (Å²) >= 11 is 1.17. The van der Waals surface area contributed by atoms with E-state index in [-0.39, 0.29) is 6.54 Å². The van der Waals surface area contributed by atoms with Crippen LogP contribution in [0.3, 0.4) is 0 Å². The molecule has 1 aromatic heterocycles. The largest absolute Gasteiger partial charge is 0.479 e.